The Labute approximate surface area is 188 Å². The Morgan fingerprint density at radius 2 is 1.91 bits per heavy atom. The van der Waals surface area contributed by atoms with Gasteiger partial charge in [-0.1, -0.05) is 18.2 Å². The fourth-order valence-electron chi connectivity index (χ4n) is 3.50. The van der Waals surface area contributed by atoms with E-state index in [1.54, 1.807) is 41.1 Å². The van der Waals surface area contributed by atoms with Gasteiger partial charge in [0, 0.05) is 36.6 Å². The summed E-state index contributed by atoms with van der Waals surface area (Å²) in [5.74, 6) is 0.401. The Kier molecular flexibility index (Phi) is 6.30. The summed E-state index contributed by atoms with van der Waals surface area (Å²) in [6, 6.07) is 10.2. The van der Waals surface area contributed by atoms with Crippen molar-refractivity contribution in [2.45, 2.75) is 12.8 Å². The molecule has 0 fully saturated rings. The number of rotatable bonds is 7. The second kappa shape index (κ2) is 9.16. The molecule has 3 heterocycles. The predicted octanol–water partition coefficient (Wildman–Crippen LogP) is 3.94. The summed E-state index contributed by atoms with van der Waals surface area (Å²) in [4.78, 5) is 15.5. The average molecular weight is 456 g/mol. The maximum atomic E-state index is 13.4. The molecular formula is C23H23F3N6O. The highest BCUT2D eigenvalue weighted by atomic mass is 19.4. The van der Waals surface area contributed by atoms with Gasteiger partial charge in [-0.15, -0.1) is 0 Å². The largest absolute Gasteiger partial charge is 0.416 e. The van der Waals surface area contributed by atoms with E-state index in [4.69, 9.17) is 0 Å². The van der Waals surface area contributed by atoms with Crippen LogP contribution in [-0.2, 0) is 12.8 Å². The molecule has 0 unspecified atom stereocenters. The Hall–Kier alpha value is -3.50. The normalized spacial score (nSPS) is 12.0. The number of imidazole rings is 1. The summed E-state index contributed by atoms with van der Waals surface area (Å²) in [7, 11) is 3.91. The minimum absolute atomic E-state index is 0.260. The van der Waals surface area contributed by atoms with E-state index in [2.05, 4.69) is 20.3 Å². The first-order valence-electron chi connectivity index (χ1n) is 10.3. The molecule has 33 heavy (non-hydrogen) atoms. The molecule has 0 aliphatic rings. The number of likely N-dealkylation sites (N-methyl/N-ethyl adjacent to an activating group) is 1. The van der Waals surface area contributed by atoms with Crippen molar-refractivity contribution in [2.75, 3.05) is 32.5 Å². The van der Waals surface area contributed by atoms with Gasteiger partial charge in [0.05, 0.1) is 29.3 Å². The second-order valence-corrected chi connectivity index (χ2v) is 7.77. The molecule has 10 heteroatoms. The van der Waals surface area contributed by atoms with Crippen molar-refractivity contribution in [3.63, 3.8) is 0 Å². The lowest BCUT2D eigenvalue weighted by Crippen LogP contribution is -2.21. The molecule has 0 aliphatic heterocycles. The van der Waals surface area contributed by atoms with E-state index < -0.39 is 11.7 Å². The van der Waals surface area contributed by atoms with E-state index in [0.29, 0.717) is 46.3 Å². The van der Waals surface area contributed by atoms with Crippen LogP contribution in [0, 0.1) is 0 Å². The molecule has 0 amide bonds. The van der Waals surface area contributed by atoms with Crippen molar-refractivity contribution in [3.8, 4) is 22.6 Å². The molecule has 0 spiro atoms. The van der Waals surface area contributed by atoms with Gasteiger partial charge in [-0.05, 0) is 38.4 Å². The number of nitrogens with zero attached hydrogens (tertiary/aromatic N) is 5. The lowest BCUT2D eigenvalue weighted by atomic mass is 10.1. The monoisotopic (exact) mass is 456 g/mol. The van der Waals surface area contributed by atoms with Gasteiger partial charge in [0.15, 0.2) is 0 Å². The van der Waals surface area contributed by atoms with Gasteiger partial charge in [0.25, 0.3) is 0 Å². The number of alkyl halides is 3. The van der Waals surface area contributed by atoms with Gasteiger partial charge >= 0.3 is 6.18 Å². The summed E-state index contributed by atoms with van der Waals surface area (Å²) in [6.07, 6.45) is -1.15. The number of aliphatic hydroxyl groups is 1. The Morgan fingerprint density at radius 1 is 1.09 bits per heavy atom. The molecule has 0 radical (unpaired) electrons. The third-order valence-corrected chi connectivity index (χ3v) is 5.10. The number of benzene rings is 1. The van der Waals surface area contributed by atoms with Crippen molar-refractivity contribution in [3.05, 3.63) is 66.0 Å². The number of fused-ring (bicyclic) bond motifs is 1. The Morgan fingerprint density at radius 3 is 2.64 bits per heavy atom. The minimum atomic E-state index is -4.48. The molecule has 2 N–H and O–H groups in total. The highest BCUT2D eigenvalue weighted by Gasteiger charge is 2.31. The van der Waals surface area contributed by atoms with E-state index >= 15 is 0 Å². The summed E-state index contributed by atoms with van der Waals surface area (Å²) in [5, 5.41) is 12.9. The second-order valence-electron chi connectivity index (χ2n) is 7.77. The zero-order chi connectivity index (χ0) is 23.6. The number of anilines is 1. The first kappa shape index (κ1) is 22.7. The molecule has 0 saturated carbocycles. The van der Waals surface area contributed by atoms with Crippen molar-refractivity contribution < 1.29 is 18.3 Å². The van der Waals surface area contributed by atoms with E-state index in [1.807, 2.05) is 19.0 Å². The summed E-state index contributed by atoms with van der Waals surface area (Å²) < 4.78 is 41.8. The Balaban J connectivity index is 1.88. The Bertz CT molecular complexity index is 1270. The van der Waals surface area contributed by atoms with Gasteiger partial charge in [0.1, 0.15) is 5.65 Å². The van der Waals surface area contributed by atoms with Crippen molar-refractivity contribution in [1.82, 2.24) is 24.3 Å². The summed E-state index contributed by atoms with van der Waals surface area (Å²) in [5.41, 5.74) is 1.87. The molecule has 0 aliphatic carbocycles. The van der Waals surface area contributed by atoms with Crippen LogP contribution in [0.15, 0.2) is 54.9 Å². The topological polar surface area (TPSA) is 78.6 Å². The van der Waals surface area contributed by atoms with Gasteiger partial charge in [-0.3, -0.25) is 4.40 Å². The summed E-state index contributed by atoms with van der Waals surface area (Å²) >= 11 is 0. The molecule has 4 rings (SSSR count). The van der Waals surface area contributed by atoms with E-state index in [-0.39, 0.29) is 6.61 Å². The lowest BCUT2D eigenvalue weighted by molar-refractivity contribution is -0.137. The van der Waals surface area contributed by atoms with E-state index in [0.717, 1.165) is 18.7 Å². The molecule has 7 nitrogen and oxygen atoms in total. The van der Waals surface area contributed by atoms with E-state index in [1.165, 1.54) is 6.07 Å². The summed E-state index contributed by atoms with van der Waals surface area (Å²) in [6.45, 7) is 1.14. The number of aliphatic hydroxyl groups excluding tert-OH is 1. The molecule has 4 aromatic rings. The van der Waals surface area contributed by atoms with Crippen LogP contribution in [0.3, 0.4) is 0 Å². The van der Waals surface area contributed by atoms with Crippen LogP contribution in [0.1, 0.15) is 11.1 Å². The van der Waals surface area contributed by atoms with Gasteiger partial charge < -0.3 is 15.3 Å². The fraction of sp³-hybridized carbons (Fsp3) is 0.261. The van der Waals surface area contributed by atoms with Gasteiger partial charge in [-0.2, -0.15) is 13.2 Å². The van der Waals surface area contributed by atoms with Crippen LogP contribution in [-0.4, -0.2) is 56.5 Å². The highest BCUT2D eigenvalue weighted by molar-refractivity contribution is 5.81. The van der Waals surface area contributed by atoms with Crippen molar-refractivity contribution in [2.24, 2.45) is 0 Å². The zero-order valence-electron chi connectivity index (χ0n) is 18.1. The first-order chi connectivity index (χ1) is 15.8. The number of pyridine rings is 1. The van der Waals surface area contributed by atoms with Crippen molar-refractivity contribution >= 4 is 11.6 Å². The minimum Gasteiger partial charge on any atom is -0.392 e. The molecule has 0 bridgehead atoms. The number of nitrogens with one attached hydrogen (secondary N) is 1. The van der Waals surface area contributed by atoms with Crippen LogP contribution in [0.2, 0.25) is 0 Å². The predicted molar refractivity (Wildman–Crippen MR) is 120 cm³/mol. The quantitative estimate of drug-likeness (QED) is 0.439. The smallest absolute Gasteiger partial charge is 0.392 e. The van der Waals surface area contributed by atoms with E-state index in [9.17, 15) is 18.3 Å². The maximum Gasteiger partial charge on any atom is 0.416 e. The molecule has 0 saturated heterocycles. The highest BCUT2D eigenvalue weighted by Crippen LogP contribution is 2.36. The van der Waals surface area contributed by atoms with Crippen LogP contribution in [0.5, 0.6) is 0 Å². The van der Waals surface area contributed by atoms with Crippen LogP contribution in [0.4, 0.5) is 19.1 Å². The number of aromatic nitrogens is 4. The lowest BCUT2D eigenvalue weighted by Gasteiger charge is -2.12. The fourth-order valence-corrected chi connectivity index (χ4v) is 3.50. The third kappa shape index (κ3) is 4.81. The SMILES string of the molecule is CN(C)CCNc1nccc(-c2c(-c3cccc(C(F)(F)F)c3)nc3c(CO)cccn23)n1. The molecular weight excluding hydrogens is 433 g/mol. The van der Waals surface area contributed by atoms with Crippen LogP contribution >= 0.6 is 0 Å². The maximum absolute atomic E-state index is 13.4. The molecule has 3 aromatic heterocycles. The van der Waals surface area contributed by atoms with Crippen LogP contribution < -0.4 is 5.32 Å². The van der Waals surface area contributed by atoms with Gasteiger partial charge in [-0.25, -0.2) is 15.0 Å². The molecule has 172 valence electrons. The molecule has 1 aromatic carbocycles. The average Bonchev–Trinajstić information content (AvgIpc) is 3.18. The number of hydrogen-bond acceptors (Lipinski definition) is 6. The number of halogens is 3. The van der Waals surface area contributed by atoms with Gasteiger partial charge in [0.2, 0.25) is 5.95 Å². The third-order valence-electron chi connectivity index (χ3n) is 5.10. The zero-order valence-corrected chi connectivity index (χ0v) is 18.1. The standard InChI is InChI=1S/C23H23F3N6O/c1-31(2)12-10-28-22-27-9-8-18(29-22)20-19(15-5-3-7-17(13-15)23(24,25)26)30-21-16(14-33)6-4-11-32(20)21/h3-9,11,13,33H,10,12,14H2,1-2H3,(H,27,28,29). The van der Waals surface area contributed by atoms with Crippen molar-refractivity contribution in [1.29, 1.82) is 0 Å². The first-order valence-corrected chi connectivity index (χ1v) is 10.3. The van der Waals surface area contributed by atoms with Crippen LogP contribution in [0.25, 0.3) is 28.3 Å². The molecule has 0 atom stereocenters. The number of hydrogen-bond donors (Lipinski definition) is 2.